The number of aliphatic carboxylic acids is 1. The first kappa shape index (κ1) is 19.0. The first-order chi connectivity index (χ1) is 8.38. The molecule has 6 heteroatoms. The minimum Gasteiger partial charge on any atom is -0.545 e. The predicted molar refractivity (Wildman–Crippen MR) is 68.0 cm³/mol. The van der Waals surface area contributed by atoms with E-state index in [2.05, 4.69) is 5.32 Å². The molecule has 1 fully saturated rings. The fourth-order valence-electron chi connectivity index (χ4n) is 1.70. The summed E-state index contributed by atoms with van der Waals surface area (Å²) in [5.74, 6) is -1.43. The van der Waals surface area contributed by atoms with Crippen molar-refractivity contribution in [1.82, 2.24) is 5.32 Å². The van der Waals surface area contributed by atoms with Crippen molar-refractivity contribution >= 4 is 23.5 Å². The molecule has 1 rings (SSSR count). The number of allylic oxidation sites excluding steroid dienone is 1. The van der Waals surface area contributed by atoms with Crippen LogP contribution in [-0.4, -0.2) is 23.8 Å². The number of unbranched alkanes of at least 4 members (excludes halogenated alkanes) is 2. The minimum absolute atomic E-state index is 0. The molecule has 0 aromatic heterocycles. The second-order valence-corrected chi connectivity index (χ2v) is 5.69. The van der Waals surface area contributed by atoms with Crippen molar-refractivity contribution in [1.29, 1.82) is 0 Å². The number of alkyl halides is 1. The van der Waals surface area contributed by atoms with E-state index in [4.69, 9.17) is 11.6 Å². The Balaban J connectivity index is 0.00000324. The van der Waals surface area contributed by atoms with Crippen LogP contribution in [-0.2, 0) is 9.59 Å². The number of carbonyl (C=O) groups excluding carboxylic acids is 2. The maximum atomic E-state index is 11.8. The summed E-state index contributed by atoms with van der Waals surface area (Å²) in [6, 6.07) is 0.0654. The molecular formula is C13H19ClNNaO3. The van der Waals surface area contributed by atoms with E-state index in [1.807, 2.05) is 13.8 Å². The average Bonchev–Trinajstić information content (AvgIpc) is 2.85. The van der Waals surface area contributed by atoms with Crippen molar-refractivity contribution in [2.75, 3.05) is 5.88 Å². The monoisotopic (exact) mass is 295 g/mol. The van der Waals surface area contributed by atoms with Crippen molar-refractivity contribution in [3.8, 4) is 0 Å². The third-order valence-electron chi connectivity index (χ3n) is 3.22. The van der Waals surface area contributed by atoms with E-state index in [1.54, 1.807) is 0 Å². The standard InChI is InChI=1S/C13H20ClNO3.Na/c1-13(2)8-10(13)15-11(16)9(12(17)18)6-4-3-5-7-14;/h6,10H,3-5,7-8H2,1-2H3,(H,15,16)(H,17,18);/q;+1/p-1/b9-6-;/t10-;/m0./s1. The fourth-order valence-corrected chi connectivity index (χ4v) is 1.89. The molecule has 0 heterocycles. The normalized spacial score (nSPS) is 20.4. The van der Waals surface area contributed by atoms with E-state index in [9.17, 15) is 14.7 Å². The molecule has 4 nitrogen and oxygen atoms in total. The predicted octanol–water partition coefficient (Wildman–Crippen LogP) is -2.01. The van der Waals surface area contributed by atoms with Crippen LogP contribution in [0.4, 0.5) is 0 Å². The van der Waals surface area contributed by atoms with Gasteiger partial charge in [-0.25, -0.2) is 0 Å². The molecule has 0 bridgehead atoms. The van der Waals surface area contributed by atoms with E-state index in [-0.39, 0.29) is 46.6 Å². The first-order valence-corrected chi connectivity index (χ1v) is 6.70. The van der Waals surface area contributed by atoms with Gasteiger partial charge >= 0.3 is 29.6 Å². The number of hydrogen-bond donors (Lipinski definition) is 1. The number of carbonyl (C=O) groups is 2. The number of amides is 1. The average molecular weight is 296 g/mol. The van der Waals surface area contributed by atoms with Crippen LogP contribution in [0.25, 0.3) is 0 Å². The van der Waals surface area contributed by atoms with Gasteiger partial charge in [-0.3, -0.25) is 4.79 Å². The molecule has 102 valence electrons. The number of carboxylic acids is 1. The van der Waals surface area contributed by atoms with Crippen molar-refractivity contribution < 1.29 is 44.3 Å². The van der Waals surface area contributed by atoms with E-state index in [0.29, 0.717) is 12.3 Å². The van der Waals surface area contributed by atoms with Crippen LogP contribution < -0.4 is 40.0 Å². The first-order valence-electron chi connectivity index (χ1n) is 6.17. The molecule has 0 radical (unpaired) electrons. The molecule has 19 heavy (non-hydrogen) atoms. The molecule has 1 aliphatic carbocycles. The van der Waals surface area contributed by atoms with Crippen LogP contribution in [0.15, 0.2) is 11.6 Å². The fraction of sp³-hybridized carbons (Fsp3) is 0.692. The molecule has 1 N–H and O–H groups in total. The Morgan fingerprint density at radius 1 is 1.42 bits per heavy atom. The second kappa shape index (κ2) is 8.30. The van der Waals surface area contributed by atoms with Gasteiger partial charge in [0.25, 0.3) is 5.91 Å². The Morgan fingerprint density at radius 3 is 2.42 bits per heavy atom. The number of halogens is 1. The van der Waals surface area contributed by atoms with Gasteiger partial charge in [0.15, 0.2) is 0 Å². The van der Waals surface area contributed by atoms with Crippen molar-refractivity contribution in [2.24, 2.45) is 5.41 Å². The van der Waals surface area contributed by atoms with E-state index in [1.165, 1.54) is 6.08 Å². The van der Waals surface area contributed by atoms with Gasteiger partial charge in [-0.2, -0.15) is 0 Å². The molecule has 0 saturated heterocycles. The summed E-state index contributed by atoms with van der Waals surface area (Å²) >= 11 is 5.52. The van der Waals surface area contributed by atoms with Gasteiger partial charge < -0.3 is 15.2 Å². The number of hydrogen-bond acceptors (Lipinski definition) is 3. The maximum Gasteiger partial charge on any atom is 1.00 e. The second-order valence-electron chi connectivity index (χ2n) is 5.31. The van der Waals surface area contributed by atoms with E-state index in [0.717, 1.165) is 19.3 Å². The number of nitrogens with one attached hydrogen (secondary N) is 1. The minimum atomic E-state index is -1.42. The summed E-state index contributed by atoms with van der Waals surface area (Å²) in [5.41, 5.74) is -0.196. The molecule has 0 aliphatic heterocycles. The third-order valence-corrected chi connectivity index (χ3v) is 3.49. The van der Waals surface area contributed by atoms with Gasteiger partial charge in [0.2, 0.25) is 0 Å². The summed E-state index contributed by atoms with van der Waals surface area (Å²) < 4.78 is 0. The van der Waals surface area contributed by atoms with Gasteiger partial charge in [0.05, 0.1) is 11.5 Å². The maximum absolute atomic E-state index is 11.8. The Kier molecular flexibility index (Phi) is 8.29. The molecule has 1 saturated carbocycles. The quantitative estimate of drug-likeness (QED) is 0.147. The Labute approximate surface area is 141 Å². The van der Waals surface area contributed by atoms with Crippen LogP contribution in [0.2, 0.25) is 0 Å². The van der Waals surface area contributed by atoms with Crippen LogP contribution in [0, 0.1) is 5.41 Å². The van der Waals surface area contributed by atoms with Crippen LogP contribution >= 0.6 is 11.6 Å². The summed E-state index contributed by atoms with van der Waals surface area (Å²) in [7, 11) is 0. The summed E-state index contributed by atoms with van der Waals surface area (Å²) in [4.78, 5) is 22.7. The molecule has 0 aromatic carbocycles. The molecule has 0 aromatic rings. The molecule has 1 amide bonds. The van der Waals surface area contributed by atoms with Crippen LogP contribution in [0.1, 0.15) is 39.5 Å². The van der Waals surface area contributed by atoms with Gasteiger partial charge in [0, 0.05) is 11.9 Å². The van der Waals surface area contributed by atoms with Crippen molar-refractivity contribution in [3.63, 3.8) is 0 Å². The van der Waals surface area contributed by atoms with Crippen molar-refractivity contribution in [2.45, 2.75) is 45.6 Å². The Bertz CT molecular complexity index is 369. The molecular weight excluding hydrogens is 277 g/mol. The van der Waals surface area contributed by atoms with Gasteiger partial charge in [0.1, 0.15) is 0 Å². The smallest absolute Gasteiger partial charge is 0.545 e. The zero-order valence-electron chi connectivity index (χ0n) is 11.8. The summed E-state index contributed by atoms with van der Waals surface area (Å²) in [6.07, 6.45) is 4.40. The molecule has 1 atom stereocenters. The van der Waals surface area contributed by atoms with Gasteiger partial charge in [-0.1, -0.05) is 19.9 Å². The number of carboxylic acid groups (broad SMARTS) is 1. The van der Waals surface area contributed by atoms with Crippen LogP contribution in [0.5, 0.6) is 0 Å². The zero-order valence-corrected chi connectivity index (χ0v) is 14.5. The Morgan fingerprint density at radius 2 is 2.00 bits per heavy atom. The SMILES string of the molecule is CC1(C)C[C@@H]1NC(=O)/C(=C/CCCCCl)C(=O)[O-].[Na+]. The molecule has 0 unspecified atom stereocenters. The Hall–Kier alpha value is -0.0300. The van der Waals surface area contributed by atoms with Crippen LogP contribution in [0.3, 0.4) is 0 Å². The van der Waals surface area contributed by atoms with Gasteiger partial charge in [-0.15, -0.1) is 11.6 Å². The van der Waals surface area contributed by atoms with Gasteiger partial charge in [-0.05, 0) is 31.1 Å². The topological polar surface area (TPSA) is 69.2 Å². The summed E-state index contributed by atoms with van der Waals surface area (Å²) in [6.45, 7) is 4.06. The molecule has 1 aliphatic rings. The van der Waals surface area contributed by atoms with Crippen molar-refractivity contribution in [3.05, 3.63) is 11.6 Å². The zero-order chi connectivity index (χ0) is 13.8. The van der Waals surface area contributed by atoms with E-state index >= 15 is 0 Å². The summed E-state index contributed by atoms with van der Waals surface area (Å²) in [5, 5.41) is 13.6. The third kappa shape index (κ3) is 6.30. The van der Waals surface area contributed by atoms with E-state index < -0.39 is 11.9 Å². The molecule has 0 spiro atoms. The number of rotatable bonds is 7. The largest absolute Gasteiger partial charge is 1.00 e.